The van der Waals surface area contributed by atoms with Crippen LogP contribution in [0.3, 0.4) is 0 Å². The second kappa shape index (κ2) is 6.97. The molecule has 0 radical (unpaired) electrons. The van der Waals surface area contributed by atoms with Crippen LogP contribution in [0, 0.1) is 0 Å². The van der Waals surface area contributed by atoms with Gasteiger partial charge in [-0.15, -0.1) is 0 Å². The van der Waals surface area contributed by atoms with Crippen LogP contribution in [0.2, 0.25) is 0 Å². The number of anilines is 1. The smallest absolute Gasteiger partial charge is 0.265 e. The summed E-state index contributed by atoms with van der Waals surface area (Å²) in [5.74, 6) is 0.288. The van der Waals surface area contributed by atoms with Gasteiger partial charge in [0.1, 0.15) is 5.75 Å². The number of hydrogen-bond acceptors (Lipinski definition) is 3. The summed E-state index contributed by atoms with van der Waals surface area (Å²) in [6.07, 6.45) is -0.566. The molecule has 0 saturated heterocycles. The Kier molecular flexibility index (Phi) is 4.74. The largest absolute Gasteiger partial charge is 0.479 e. The van der Waals surface area contributed by atoms with Gasteiger partial charge in [-0.3, -0.25) is 9.59 Å². The molecule has 0 saturated carbocycles. The van der Waals surface area contributed by atoms with E-state index in [1.165, 1.54) is 0 Å². The molecular weight excluding hydrogens is 316 g/mol. The van der Waals surface area contributed by atoms with Crippen molar-refractivity contribution in [2.45, 2.75) is 39.5 Å². The highest BCUT2D eigenvalue weighted by atomic mass is 16.5. The zero-order valence-electron chi connectivity index (χ0n) is 14.7. The fourth-order valence-corrected chi connectivity index (χ4v) is 2.77. The molecule has 1 aliphatic rings. The van der Waals surface area contributed by atoms with Gasteiger partial charge in [-0.05, 0) is 44.5 Å². The van der Waals surface area contributed by atoms with Crippen molar-refractivity contribution in [3.8, 4) is 5.75 Å². The van der Waals surface area contributed by atoms with Crippen molar-refractivity contribution in [1.29, 1.82) is 0 Å². The summed E-state index contributed by atoms with van der Waals surface area (Å²) in [6.45, 7) is 6.22. The molecule has 2 aromatic carbocycles. The van der Waals surface area contributed by atoms with Crippen LogP contribution in [0.4, 0.5) is 5.69 Å². The molecular formula is C20H22N2O3. The van der Waals surface area contributed by atoms with Gasteiger partial charge in [-0.1, -0.05) is 30.3 Å². The first-order valence-corrected chi connectivity index (χ1v) is 8.42. The average molecular weight is 338 g/mol. The monoisotopic (exact) mass is 338 g/mol. The van der Waals surface area contributed by atoms with Crippen LogP contribution < -0.4 is 10.1 Å². The summed E-state index contributed by atoms with van der Waals surface area (Å²) in [7, 11) is 0. The summed E-state index contributed by atoms with van der Waals surface area (Å²) in [5, 5.41) is 2.78. The number of carbonyl (C=O) groups excluding carboxylic acids is 2. The molecule has 2 amide bonds. The van der Waals surface area contributed by atoms with Crippen LogP contribution in [-0.4, -0.2) is 28.9 Å². The Bertz CT molecular complexity index is 787. The van der Waals surface area contributed by atoms with Crippen LogP contribution in [0.5, 0.6) is 5.75 Å². The van der Waals surface area contributed by atoms with Gasteiger partial charge in [0.15, 0.2) is 6.10 Å². The van der Waals surface area contributed by atoms with Crippen molar-refractivity contribution < 1.29 is 14.3 Å². The highest BCUT2D eigenvalue weighted by molar-refractivity contribution is 6.00. The molecule has 1 heterocycles. The van der Waals surface area contributed by atoms with E-state index >= 15 is 0 Å². The Labute approximate surface area is 147 Å². The number of benzene rings is 2. The molecule has 130 valence electrons. The second-order valence-corrected chi connectivity index (χ2v) is 6.47. The minimum Gasteiger partial charge on any atom is -0.479 e. The lowest BCUT2D eigenvalue weighted by molar-refractivity contribution is -0.122. The van der Waals surface area contributed by atoms with Crippen molar-refractivity contribution >= 4 is 17.5 Å². The molecule has 1 aliphatic heterocycles. The van der Waals surface area contributed by atoms with Gasteiger partial charge in [0.25, 0.3) is 11.8 Å². The first-order chi connectivity index (χ1) is 12.0. The fraction of sp³-hybridized carbons (Fsp3) is 0.300. The van der Waals surface area contributed by atoms with E-state index in [0.717, 1.165) is 5.56 Å². The van der Waals surface area contributed by atoms with Gasteiger partial charge in [-0.25, -0.2) is 0 Å². The van der Waals surface area contributed by atoms with E-state index < -0.39 is 6.10 Å². The second-order valence-electron chi connectivity index (χ2n) is 6.47. The topological polar surface area (TPSA) is 58.6 Å². The number of fused-ring (bicyclic) bond motifs is 1. The fourth-order valence-electron chi connectivity index (χ4n) is 2.77. The van der Waals surface area contributed by atoms with Crippen LogP contribution in [0.1, 0.15) is 36.7 Å². The zero-order chi connectivity index (χ0) is 18.0. The maximum atomic E-state index is 13.0. The normalized spacial score (nSPS) is 16.0. The quantitative estimate of drug-likeness (QED) is 0.929. The third kappa shape index (κ3) is 3.65. The molecule has 2 aromatic rings. The molecule has 0 aliphatic carbocycles. The van der Waals surface area contributed by atoms with E-state index in [1.807, 2.05) is 49.1 Å². The van der Waals surface area contributed by atoms with E-state index in [2.05, 4.69) is 5.32 Å². The Hall–Kier alpha value is -2.82. The van der Waals surface area contributed by atoms with Crippen molar-refractivity contribution in [2.24, 2.45) is 0 Å². The Morgan fingerprint density at radius 1 is 1.20 bits per heavy atom. The minimum atomic E-state index is -0.566. The van der Waals surface area contributed by atoms with Gasteiger partial charge in [0, 0.05) is 18.2 Å². The number of amides is 2. The van der Waals surface area contributed by atoms with Crippen molar-refractivity contribution in [1.82, 2.24) is 4.90 Å². The average Bonchev–Trinajstić information content (AvgIpc) is 2.60. The minimum absolute atomic E-state index is 0.0586. The van der Waals surface area contributed by atoms with Crippen molar-refractivity contribution in [3.63, 3.8) is 0 Å². The maximum Gasteiger partial charge on any atom is 0.265 e. The number of nitrogens with one attached hydrogen (secondary N) is 1. The van der Waals surface area contributed by atoms with Crippen LogP contribution in [-0.2, 0) is 11.3 Å². The van der Waals surface area contributed by atoms with Gasteiger partial charge in [0.05, 0.1) is 5.69 Å². The van der Waals surface area contributed by atoms with Gasteiger partial charge in [0.2, 0.25) is 0 Å². The van der Waals surface area contributed by atoms with E-state index in [1.54, 1.807) is 25.1 Å². The highest BCUT2D eigenvalue weighted by Crippen LogP contribution is 2.31. The summed E-state index contributed by atoms with van der Waals surface area (Å²) in [4.78, 5) is 26.5. The van der Waals surface area contributed by atoms with E-state index in [0.29, 0.717) is 23.5 Å². The predicted octanol–water partition coefficient (Wildman–Crippen LogP) is 3.46. The van der Waals surface area contributed by atoms with E-state index in [4.69, 9.17) is 4.74 Å². The lowest BCUT2D eigenvalue weighted by atomic mass is 10.1. The van der Waals surface area contributed by atoms with Gasteiger partial charge in [-0.2, -0.15) is 0 Å². The third-order valence-electron chi connectivity index (χ3n) is 4.24. The molecule has 0 bridgehead atoms. The Morgan fingerprint density at radius 2 is 1.92 bits per heavy atom. The summed E-state index contributed by atoms with van der Waals surface area (Å²) < 4.78 is 5.61. The molecule has 1 unspecified atom stereocenters. The summed E-state index contributed by atoms with van der Waals surface area (Å²) >= 11 is 0. The highest BCUT2D eigenvalue weighted by Gasteiger charge is 2.26. The molecule has 25 heavy (non-hydrogen) atoms. The van der Waals surface area contributed by atoms with Gasteiger partial charge >= 0.3 is 0 Å². The van der Waals surface area contributed by atoms with Crippen molar-refractivity contribution in [3.05, 3.63) is 59.7 Å². The summed E-state index contributed by atoms with van der Waals surface area (Å²) in [5.41, 5.74) is 2.23. The molecule has 0 spiro atoms. The molecule has 1 N–H and O–H groups in total. The van der Waals surface area contributed by atoms with E-state index in [9.17, 15) is 9.59 Å². The maximum absolute atomic E-state index is 13.0. The van der Waals surface area contributed by atoms with Crippen molar-refractivity contribution in [2.75, 3.05) is 5.32 Å². The summed E-state index contributed by atoms with van der Waals surface area (Å²) in [6, 6.07) is 15.1. The molecule has 5 heteroatoms. The SMILES string of the molecule is CC1Oc2cc(C(=O)N(Cc3ccccc3)C(C)C)ccc2NC1=O. The number of carbonyl (C=O) groups is 2. The van der Waals surface area contributed by atoms with Crippen LogP contribution in [0.25, 0.3) is 0 Å². The molecule has 5 nitrogen and oxygen atoms in total. The molecule has 0 fully saturated rings. The zero-order valence-corrected chi connectivity index (χ0v) is 14.7. The predicted molar refractivity (Wildman–Crippen MR) is 96.6 cm³/mol. The number of ether oxygens (including phenoxy) is 1. The Balaban J connectivity index is 1.85. The van der Waals surface area contributed by atoms with Crippen LogP contribution >= 0.6 is 0 Å². The molecule has 3 rings (SSSR count). The first kappa shape index (κ1) is 17.0. The van der Waals surface area contributed by atoms with Gasteiger partial charge < -0.3 is 15.0 Å². The number of hydrogen-bond donors (Lipinski definition) is 1. The standard InChI is InChI=1S/C20H22N2O3/c1-13(2)22(12-15-7-5-4-6-8-15)20(24)16-9-10-17-18(11-16)25-14(3)19(23)21-17/h4-11,13-14H,12H2,1-3H3,(H,21,23). The lowest BCUT2D eigenvalue weighted by Gasteiger charge is -2.28. The number of nitrogens with zero attached hydrogens (tertiary/aromatic N) is 1. The number of rotatable bonds is 4. The molecule has 1 atom stereocenters. The van der Waals surface area contributed by atoms with E-state index in [-0.39, 0.29) is 17.9 Å². The first-order valence-electron chi connectivity index (χ1n) is 8.42. The lowest BCUT2D eigenvalue weighted by Crippen LogP contribution is -2.37. The van der Waals surface area contributed by atoms with Crippen LogP contribution in [0.15, 0.2) is 48.5 Å². The molecule has 0 aromatic heterocycles. The Morgan fingerprint density at radius 3 is 2.60 bits per heavy atom. The third-order valence-corrected chi connectivity index (χ3v) is 4.24.